The fourth-order valence-electron chi connectivity index (χ4n) is 1.39. The van der Waals surface area contributed by atoms with Crippen molar-refractivity contribution in [3.63, 3.8) is 0 Å². The fourth-order valence-corrected chi connectivity index (χ4v) is 2.18. The van der Waals surface area contributed by atoms with Crippen molar-refractivity contribution in [2.45, 2.75) is 26.2 Å². The van der Waals surface area contributed by atoms with E-state index in [4.69, 9.17) is 9.52 Å². The number of hydrogen-bond acceptors (Lipinski definition) is 5. The van der Waals surface area contributed by atoms with Gasteiger partial charge in [0.2, 0.25) is 5.89 Å². The molecule has 0 aromatic carbocycles. The summed E-state index contributed by atoms with van der Waals surface area (Å²) in [4.78, 5) is 12.5. The molecule has 2 aromatic rings. The third-order valence-electron chi connectivity index (χ3n) is 2.20. The first-order valence-electron chi connectivity index (χ1n) is 5.26. The molecule has 0 atom stereocenters. The van der Waals surface area contributed by atoms with Crippen molar-refractivity contribution in [2.75, 3.05) is 0 Å². The standard InChI is InChI=1S/C11H12N2O3S/c1-7-5-6-8(17-7)11-13-12-9(16-11)3-2-4-10(14)15/h5-6H,2-4H2,1H3,(H,14,15). The molecular weight excluding hydrogens is 240 g/mol. The molecular formula is C11H12N2O3S. The molecule has 0 saturated carbocycles. The number of carboxylic acid groups (broad SMARTS) is 1. The van der Waals surface area contributed by atoms with Gasteiger partial charge in [0.1, 0.15) is 0 Å². The summed E-state index contributed by atoms with van der Waals surface area (Å²) in [6.07, 6.45) is 1.14. The lowest BCUT2D eigenvalue weighted by Crippen LogP contribution is -1.95. The molecule has 0 spiro atoms. The maximum Gasteiger partial charge on any atom is 0.303 e. The summed E-state index contributed by atoms with van der Waals surface area (Å²) in [7, 11) is 0. The third kappa shape index (κ3) is 3.13. The van der Waals surface area contributed by atoms with Gasteiger partial charge in [0, 0.05) is 17.7 Å². The van der Waals surface area contributed by atoms with Gasteiger partial charge in [-0.1, -0.05) is 0 Å². The minimum atomic E-state index is -0.807. The van der Waals surface area contributed by atoms with Crippen molar-refractivity contribution in [2.24, 2.45) is 0 Å². The molecule has 1 N–H and O–H groups in total. The van der Waals surface area contributed by atoms with Crippen LogP contribution in [0.4, 0.5) is 0 Å². The Morgan fingerprint density at radius 2 is 2.29 bits per heavy atom. The summed E-state index contributed by atoms with van der Waals surface area (Å²) in [5.41, 5.74) is 0. The number of carboxylic acids is 1. The van der Waals surface area contributed by atoms with Crippen LogP contribution in [0.15, 0.2) is 16.5 Å². The monoisotopic (exact) mass is 252 g/mol. The first kappa shape index (κ1) is 11.8. The highest BCUT2D eigenvalue weighted by molar-refractivity contribution is 7.15. The van der Waals surface area contributed by atoms with Crippen LogP contribution >= 0.6 is 11.3 Å². The lowest BCUT2D eigenvalue weighted by molar-refractivity contribution is -0.137. The van der Waals surface area contributed by atoms with E-state index >= 15 is 0 Å². The van der Waals surface area contributed by atoms with Crippen molar-refractivity contribution in [3.8, 4) is 10.8 Å². The van der Waals surface area contributed by atoms with Crippen LogP contribution in [0, 0.1) is 6.92 Å². The average Bonchev–Trinajstić information content (AvgIpc) is 2.86. The number of carbonyl (C=O) groups is 1. The zero-order valence-electron chi connectivity index (χ0n) is 9.34. The fraction of sp³-hybridized carbons (Fsp3) is 0.364. The highest BCUT2D eigenvalue weighted by Gasteiger charge is 2.10. The van der Waals surface area contributed by atoms with Gasteiger partial charge in [-0.3, -0.25) is 4.79 Å². The zero-order valence-corrected chi connectivity index (χ0v) is 10.2. The van der Waals surface area contributed by atoms with E-state index in [2.05, 4.69) is 10.2 Å². The van der Waals surface area contributed by atoms with E-state index in [1.165, 1.54) is 4.88 Å². The van der Waals surface area contributed by atoms with Crippen LogP contribution in [0.1, 0.15) is 23.6 Å². The molecule has 2 aromatic heterocycles. The highest BCUT2D eigenvalue weighted by atomic mass is 32.1. The van der Waals surface area contributed by atoms with Crippen LogP contribution in [0.5, 0.6) is 0 Å². The van der Waals surface area contributed by atoms with E-state index in [0.29, 0.717) is 24.6 Å². The normalized spacial score (nSPS) is 10.6. The summed E-state index contributed by atoms with van der Waals surface area (Å²) >= 11 is 1.59. The number of rotatable bonds is 5. The summed E-state index contributed by atoms with van der Waals surface area (Å²) in [6.45, 7) is 2.01. The number of aromatic nitrogens is 2. The van der Waals surface area contributed by atoms with Crippen molar-refractivity contribution in [3.05, 3.63) is 22.9 Å². The van der Waals surface area contributed by atoms with Crippen molar-refractivity contribution in [1.29, 1.82) is 0 Å². The maximum absolute atomic E-state index is 10.4. The first-order valence-corrected chi connectivity index (χ1v) is 6.08. The second-order valence-corrected chi connectivity index (χ2v) is 4.95. The minimum absolute atomic E-state index is 0.121. The van der Waals surface area contributed by atoms with E-state index in [9.17, 15) is 4.79 Å². The summed E-state index contributed by atoms with van der Waals surface area (Å²) < 4.78 is 5.46. The van der Waals surface area contributed by atoms with E-state index in [1.54, 1.807) is 11.3 Å². The van der Waals surface area contributed by atoms with Gasteiger partial charge >= 0.3 is 5.97 Å². The molecule has 90 valence electrons. The van der Waals surface area contributed by atoms with Crippen LogP contribution in [0.3, 0.4) is 0 Å². The van der Waals surface area contributed by atoms with Gasteiger partial charge in [0.25, 0.3) is 5.89 Å². The van der Waals surface area contributed by atoms with Crippen molar-refractivity contribution in [1.82, 2.24) is 10.2 Å². The number of aryl methyl sites for hydroxylation is 2. The summed E-state index contributed by atoms with van der Waals surface area (Å²) in [6, 6.07) is 3.93. The van der Waals surface area contributed by atoms with E-state index in [0.717, 1.165) is 4.88 Å². The summed E-state index contributed by atoms with van der Waals surface area (Å²) in [5.74, 6) is 0.194. The molecule has 6 heteroatoms. The molecule has 0 saturated heterocycles. The average molecular weight is 252 g/mol. The van der Waals surface area contributed by atoms with Gasteiger partial charge in [-0.05, 0) is 25.5 Å². The Bertz CT molecular complexity index is 518. The second-order valence-electron chi connectivity index (χ2n) is 3.66. The maximum atomic E-state index is 10.4. The van der Waals surface area contributed by atoms with Gasteiger partial charge in [0.15, 0.2) is 0 Å². The number of aliphatic carboxylic acids is 1. The van der Waals surface area contributed by atoms with Gasteiger partial charge in [-0.25, -0.2) is 0 Å². The Labute approximate surface area is 102 Å². The first-order chi connectivity index (χ1) is 8.15. The zero-order chi connectivity index (χ0) is 12.3. The Kier molecular flexibility index (Phi) is 3.53. The van der Waals surface area contributed by atoms with Crippen molar-refractivity contribution < 1.29 is 14.3 Å². The molecule has 0 aliphatic rings. The van der Waals surface area contributed by atoms with Crippen LogP contribution in [0.2, 0.25) is 0 Å². The van der Waals surface area contributed by atoms with Crippen LogP contribution in [-0.4, -0.2) is 21.3 Å². The molecule has 0 fully saturated rings. The SMILES string of the molecule is Cc1ccc(-c2nnc(CCCC(=O)O)o2)s1. The molecule has 0 radical (unpaired) electrons. The van der Waals surface area contributed by atoms with Crippen LogP contribution < -0.4 is 0 Å². The van der Waals surface area contributed by atoms with Crippen LogP contribution in [-0.2, 0) is 11.2 Å². The molecule has 5 nitrogen and oxygen atoms in total. The largest absolute Gasteiger partial charge is 0.481 e. The Morgan fingerprint density at radius 3 is 2.94 bits per heavy atom. The van der Waals surface area contributed by atoms with Gasteiger partial charge in [-0.2, -0.15) is 0 Å². The smallest absolute Gasteiger partial charge is 0.303 e. The lowest BCUT2D eigenvalue weighted by atomic mass is 10.2. The summed E-state index contributed by atoms with van der Waals surface area (Å²) in [5, 5.41) is 16.4. The quantitative estimate of drug-likeness (QED) is 0.884. The Morgan fingerprint density at radius 1 is 1.47 bits per heavy atom. The molecule has 17 heavy (non-hydrogen) atoms. The number of hydrogen-bond donors (Lipinski definition) is 1. The molecule has 0 aliphatic heterocycles. The second kappa shape index (κ2) is 5.09. The molecule has 2 heterocycles. The van der Waals surface area contributed by atoms with Crippen molar-refractivity contribution >= 4 is 17.3 Å². The Balaban J connectivity index is 1.98. The van der Waals surface area contributed by atoms with Gasteiger partial charge in [-0.15, -0.1) is 21.5 Å². The number of thiophene rings is 1. The predicted molar refractivity (Wildman–Crippen MR) is 62.9 cm³/mol. The number of nitrogens with zero attached hydrogens (tertiary/aromatic N) is 2. The molecule has 0 bridgehead atoms. The molecule has 0 amide bonds. The Hall–Kier alpha value is -1.69. The minimum Gasteiger partial charge on any atom is -0.481 e. The third-order valence-corrected chi connectivity index (χ3v) is 3.19. The molecule has 0 aliphatic carbocycles. The lowest BCUT2D eigenvalue weighted by Gasteiger charge is -1.91. The highest BCUT2D eigenvalue weighted by Crippen LogP contribution is 2.26. The van der Waals surface area contributed by atoms with E-state index in [-0.39, 0.29) is 6.42 Å². The molecule has 2 rings (SSSR count). The topological polar surface area (TPSA) is 76.2 Å². The van der Waals surface area contributed by atoms with Gasteiger partial charge in [0.05, 0.1) is 4.88 Å². The van der Waals surface area contributed by atoms with Crippen LogP contribution in [0.25, 0.3) is 10.8 Å². The van der Waals surface area contributed by atoms with E-state index in [1.807, 2.05) is 19.1 Å². The van der Waals surface area contributed by atoms with E-state index < -0.39 is 5.97 Å². The van der Waals surface area contributed by atoms with Gasteiger partial charge < -0.3 is 9.52 Å². The predicted octanol–water partition coefficient (Wildman–Crippen LogP) is 2.51. The molecule has 0 unspecified atom stereocenters.